The van der Waals surface area contributed by atoms with Crippen LogP contribution in [0.25, 0.3) is 6.08 Å². The average Bonchev–Trinajstić information content (AvgIpc) is 3.02. The molecule has 0 aromatic heterocycles. The van der Waals surface area contributed by atoms with Crippen LogP contribution in [0.3, 0.4) is 0 Å². The number of rotatable bonds is 6. The van der Waals surface area contributed by atoms with E-state index in [-0.39, 0.29) is 24.0 Å². The van der Waals surface area contributed by atoms with E-state index < -0.39 is 11.1 Å². The smallest absolute Gasteiger partial charge is 0.294 e. The Morgan fingerprint density at radius 3 is 2.31 bits per heavy atom. The van der Waals surface area contributed by atoms with Gasteiger partial charge in [-0.2, -0.15) is 0 Å². The van der Waals surface area contributed by atoms with E-state index in [1.165, 1.54) is 0 Å². The summed E-state index contributed by atoms with van der Waals surface area (Å²) in [5.41, 5.74) is 1.55. The molecule has 4 rings (SSSR count). The third kappa shape index (κ3) is 6.67. The summed E-state index contributed by atoms with van der Waals surface area (Å²) in [6.07, 6.45) is 5.73. The molecule has 0 spiro atoms. The van der Waals surface area contributed by atoms with Crippen LogP contribution in [0, 0.1) is 0 Å². The number of ether oxygens (including phenoxy) is 1. The molecule has 0 bridgehead atoms. The Morgan fingerprint density at radius 1 is 1.00 bits per heavy atom. The molecule has 2 aliphatic rings. The Bertz CT molecular complexity index is 1210. The zero-order valence-corrected chi connectivity index (χ0v) is 24.6. The SMILES string of the molecule is O=C(CN1C(=O)SC(=Cc2cc(Br)c(OCc3ccc(Cl)c(Cl)c3)c(Br)c2)C1=O)N1CCCCCC1. The van der Waals surface area contributed by atoms with Crippen LogP contribution < -0.4 is 4.74 Å². The van der Waals surface area contributed by atoms with Crippen LogP contribution in [0.2, 0.25) is 10.0 Å². The summed E-state index contributed by atoms with van der Waals surface area (Å²) in [4.78, 5) is 41.2. The average molecular weight is 677 g/mol. The highest BCUT2D eigenvalue weighted by atomic mass is 79.9. The molecule has 2 fully saturated rings. The highest BCUT2D eigenvalue weighted by molar-refractivity contribution is 9.11. The van der Waals surface area contributed by atoms with E-state index >= 15 is 0 Å². The van der Waals surface area contributed by atoms with E-state index in [1.54, 1.807) is 35.2 Å². The molecule has 2 heterocycles. The molecule has 2 aliphatic heterocycles. The highest BCUT2D eigenvalue weighted by Gasteiger charge is 2.37. The molecular weight excluding hydrogens is 655 g/mol. The fourth-order valence-electron chi connectivity index (χ4n) is 3.93. The molecular formula is C25H22Br2Cl2N2O4S. The third-order valence-corrected chi connectivity index (χ3v) is 8.64. The first-order chi connectivity index (χ1) is 17.2. The largest absolute Gasteiger partial charge is 0.487 e. The van der Waals surface area contributed by atoms with Crippen molar-refractivity contribution in [2.24, 2.45) is 0 Å². The number of amides is 3. The van der Waals surface area contributed by atoms with Gasteiger partial charge in [0, 0.05) is 13.1 Å². The summed E-state index contributed by atoms with van der Waals surface area (Å²) in [5.74, 6) is -0.0656. The van der Waals surface area contributed by atoms with Gasteiger partial charge in [0.25, 0.3) is 11.1 Å². The second kappa shape index (κ2) is 12.3. The summed E-state index contributed by atoms with van der Waals surface area (Å²) in [6.45, 7) is 1.40. The van der Waals surface area contributed by atoms with Crippen LogP contribution in [0.4, 0.5) is 4.79 Å². The van der Waals surface area contributed by atoms with Crippen molar-refractivity contribution >= 4 is 90.0 Å². The highest BCUT2D eigenvalue weighted by Crippen LogP contribution is 2.38. The van der Waals surface area contributed by atoms with Gasteiger partial charge in [-0.25, -0.2) is 0 Å². The van der Waals surface area contributed by atoms with Crippen molar-refractivity contribution in [2.45, 2.75) is 32.3 Å². The monoisotopic (exact) mass is 674 g/mol. The number of hydrogen-bond acceptors (Lipinski definition) is 5. The van der Waals surface area contributed by atoms with Crippen molar-refractivity contribution < 1.29 is 19.1 Å². The molecule has 0 saturated carbocycles. The van der Waals surface area contributed by atoms with Crippen molar-refractivity contribution in [1.29, 1.82) is 0 Å². The lowest BCUT2D eigenvalue weighted by atomic mass is 10.2. The number of carbonyl (C=O) groups is 3. The van der Waals surface area contributed by atoms with Crippen LogP contribution in [0.15, 0.2) is 44.2 Å². The molecule has 6 nitrogen and oxygen atoms in total. The quantitative estimate of drug-likeness (QED) is 0.296. The summed E-state index contributed by atoms with van der Waals surface area (Å²) in [7, 11) is 0. The first-order valence-corrected chi connectivity index (χ1v) is 14.5. The van der Waals surface area contributed by atoms with Crippen molar-refractivity contribution in [1.82, 2.24) is 9.80 Å². The second-order valence-electron chi connectivity index (χ2n) is 8.41. The first-order valence-electron chi connectivity index (χ1n) is 11.3. The number of likely N-dealkylation sites (tertiary alicyclic amines) is 1. The van der Waals surface area contributed by atoms with Gasteiger partial charge in [-0.15, -0.1) is 0 Å². The Balaban J connectivity index is 1.44. The topological polar surface area (TPSA) is 66.9 Å². The molecule has 0 unspecified atom stereocenters. The second-order valence-corrected chi connectivity index (χ2v) is 11.9. The van der Waals surface area contributed by atoms with Crippen molar-refractivity contribution in [3.63, 3.8) is 0 Å². The predicted molar refractivity (Wildman–Crippen MR) is 150 cm³/mol. The van der Waals surface area contributed by atoms with E-state index in [0.717, 1.165) is 47.9 Å². The molecule has 0 N–H and O–H groups in total. The molecule has 36 heavy (non-hydrogen) atoms. The molecule has 2 aromatic rings. The zero-order valence-electron chi connectivity index (χ0n) is 19.1. The maximum Gasteiger partial charge on any atom is 0.294 e. The Morgan fingerprint density at radius 2 is 1.67 bits per heavy atom. The number of halogens is 4. The molecule has 11 heteroatoms. The molecule has 190 valence electrons. The van der Waals surface area contributed by atoms with Gasteiger partial charge in [0.1, 0.15) is 18.9 Å². The van der Waals surface area contributed by atoms with Crippen molar-refractivity contribution in [3.05, 3.63) is 65.4 Å². The first kappa shape index (κ1) is 27.5. The number of imide groups is 1. The summed E-state index contributed by atoms with van der Waals surface area (Å²) in [6, 6.07) is 8.88. The number of nitrogens with zero attached hydrogens (tertiary/aromatic N) is 2. The zero-order chi connectivity index (χ0) is 25.8. The van der Waals surface area contributed by atoms with Gasteiger partial charge in [0.15, 0.2) is 0 Å². The maximum absolute atomic E-state index is 12.9. The molecule has 2 saturated heterocycles. The van der Waals surface area contributed by atoms with Gasteiger partial charge < -0.3 is 9.64 Å². The van der Waals surface area contributed by atoms with E-state index in [9.17, 15) is 14.4 Å². The Hall–Kier alpha value is -1.52. The minimum absolute atomic E-state index is 0.186. The lowest BCUT2D eigenvalue weighted by Crippen LogP contribution is -2.42. The predicted octanol–water partition coefficient (Wildman–Crippen LogP) is 7.54. The normalized spacial score (nSPS) is 17.6. The molecule has 2 aromatic carbocycles. The Kier molecular flexibility index (Phi) is 9.44. The van der Waals surface area contributed by atoms with Gasteiger partial charge in [-0.3, -0.25) is 19.3 Å². The molecule has 3 amide bonds. The minimum Gasteiger partial charge on any atom is -0.487 e. The fourth-order valence-corrected chi connectivity index (χ4v) is 6.54. The minimum atomic E-state index is -0.458. The van der Waals surface area contributed by atoms with Gasteiger partial charge in [-0.05, 0) is 97.9 Å². The van der Waals surface area contributed by atoms with Crippen LogP contribution in [-0.4, -0.2) is 46.5 Å². The summed E-state index contributed by atoms with van der Waals surface area (Å²) >= 11 is 19.9. The fraction of sp³-hybridized carbons (Fsp3) is 0.320. The van der Waals surface area contributed by atoms with Gasteiger partial charge in [0.2, 0.25) is 5.91 Å². The van der Waals surface area contributed by atoms with Gasteiger partial charge in [0.05, 0.1) is 23.9 Å². The van der Waals surface area contributed by atoms with Gasteiger partial charge >= 0.3 is 0 Å². The van der Waals surface area contributed by atoms with E-state index in [0.29, 0.717) is 43.4 Å². The number of hydrogen-bond donors (Lipinski definition) is 0. The Labute approximate surface area is 240 Å². The lowest BCUT2D eigenvalue weighted by molar-refractivity contribution is -0.135. The lowest BCUT2D eigenvalue weighted by Gasteiger charge is -2.22. The van der Waals surface area contributed by atoms with Crippen molar-refractivity contribution in [2.75, 3.05) is 19.6 Å². The summed E-state index contributed by atoms with van der Waals surface area (Å²) < 4.78 is 7.28. The number of benzene rings is 2. The number of thioether (sulfide) groups is 1. The van der Waals surface area contributed by atoms with Crippen LogP contribution in [0.1, 0.15) is 36.8 Å². The van der Waals surface area contributed by atoms with Crippen molar-refractivity contribution in [3.8, 4) is 5.75 Å². The molecule has 0 atom stereocenters. The maximum atomic E-state index is 12.9. The number of carbonyl (C=O) groups excluding carboxylic acids is 3. The molecule has 0 aliphatic carbocycles. The van der Waals surface area contributed by atoms with E-state index in [2.05, 4.69) is 31.9 Å². The van der Waals surface area contributed by atoms with Crippen LogP contribution >= 0.6 is 66.8 Å². The van der Waals surface area contributed by atoms with E-state index in [4.69, 9.17) is 27.9 Å². The van der Waals surface area contributed by atoms with Crippen LogP contribution in [0.5, 0.6) is 5.75 Å². The summed E-state index contributed by atoms with van der Waals surface area (Å²) in [5, 5.41) is 0.491. The van der Waals surface area contributed by atoms with Gasteiger partial charge in [-0.1, -0.05) is 42.1 Å². The molecule has 0 radical (unpaired) electrons. The standard InChI is InChI=1S/C25H22Br2Cl2N2O4S/c26-17-9-16(10-18(27)23(17)35-14-15-5-6-19(28)20(29)11-15)12-21-24(33)31(25(34)36-21)13-22(32)30-7-3-1-2-4-8-30/h5-6,9-12H,1-4,7-8,13-14H2. The van der Waals surface area contributed by atoms with Crippen LogP contribution in [-0.2, 0) is 16.2 Å². The third-order valence-electron chi connectivity index (χ3n) is 5.81. The van der Waals surface area contributed by atoms with E-state index in [1.807, 2.05) is 6.07 Å².